The van der Waals surface area contributed by atoms with Crippen LogP contribution in [0.5, 0.6) is 17.2 Å². The topological polar surface area (TPSA) is 140 Å². The molecule has 0 bridgehead atoms. The second-order valence-corrected chi connectivity index (χ2v) is 11.3. The summed E-state index contributed by atoms with van der Waals surface area (Å²) in [5.74, 6) is 0.784. The molecule has 11 nitrogen and oxygen atoms in total. The van der Waals surface area contributed by atoms with Gasteiger partial charge in [0.15, 0.2) is 17.7 Å². The third-order valence-electron chi connectivity index (χ3n) is 6.38. The van der Waals surface area contributed by atoms with E-state index in [0.29, 0.717) is 47.3 Å². The number of carbonyl (C=O) groups excluding carboxylic acids is 2. The van der Waals surface area contributed by atoms with E-state index in [2.05, 4.69) is 53.0 Å². The number of esters is 1. The summed E-state index contributed by atoms with van der Waals surface area (Å²) < 4.78 is 24.3. The van der Waals surface area contributed by atoms with Gasteiger partial charge in [-0.3, -0.25) is 5.43 Å². The van der Waals surface area contributed by atoms with Crippen LogP contribution in [0.2, 0.25) is 0 Å². The molecule has 44 heavy (non-hydrogen) atoms. The summed E-state index contributed by atoms with van der Waals surface area (Å²) in [6.07, 6.45) is 0.396. The lowest BCUT2D eigenvalue weighted by atomic mass is 9.95. The summed E-state index contributed by atoms with van der Waals surface area (Å²) in [7, 11) is 1.28. The number of halogens is 2. The maximum absolute atomic E-state index is 12.5. The lowest BCUT2D eigenvalue weighted by molar-refractivity contribution is -0.136. The summed E-state index contributed by atoms with van der Waals surface area (Å²) >= 11 is 6.90. The molecule has 1 aliphatic rings. The van der Waals surface area contributed by atoms with Gasteiger partial charge in [-0.25, -0.2) is 9.59 Å². The van der Waals surface area contributed by atoms with Gasteiger partial charge in [0, 0.05) is 20.2 Å². The molecule has 0 unspecified atom stereocenters. The van der Waals surface area contributed by atoms with Gasteiger partial charge < -0.3 is 34.7 Å². The summed E-state index contributed by atoms with van der Waals surface area (Å²) in [5, 5.41) is 20.0. The molecule has 13 heteroatoms. The minimum Gasteiger partial charge on any atom is -0.490 e. The summed E-state index contributed by atoms with van der Waals surface area (Å²) in [4.78, 5) is 24.6. The van der Waals surface area contributed by atoms with Gasteiger partial charge in [0.05, 0.1) is 31.5 Å². The average Bonchev–Trinajstić information content (AvgIpc) is 3.00. The van der Waals surface area contributed by atoms with Gasteiger partial charge in [-0.1, -0.05) is 50.1 Å². The van der Waals surface area contributed by atoms with Crippen LogP contribution in [0.1, 0.15) is 36.6 Å². The van der Waals surface area contributed by atoms with Crippen molar-refractivity contribution in [1.29, 1.82) is 0 Å². The van der Waals surface area contributed by atoms with Crippen LogP contribution in [0.15, 0.2) is 86.0 Å². The molecule has 3 aromatic carbocycles. The molecule has 2 amide bonds. The Bertz CT molecular complexity index is 1550. The van der Waals surface area contributed by atoms with Crippen molar-refractivity contribution in [3.63, 3.8) is 0 Å². The Kier molecular flexibility index (Phi) is 11.6. The highest BCUT2D eigenvalue weighted by Gasteiger charge is 2.32. The first kappa shape index (κ1) is 32.8. The number of hydrogen-bond donors (Lipinski definition) is 4. The number of methoxy groups -OCH3 is 1. The van der Waals surface area contributed by atoms with E-state index in [1.54, 1.807) is 31.3 Å². The number of aliphatic hydroxyl groups is 1. The molecular weight excluding hydrogens is 700 g/mol. The quantitative estimate of drug-likeness (QED) is 0.0803. The van der Waals surface area contributed by atoms with Crippen molar-refractivity contribution in [3.8, 4) is 17.2 Å². The fourth-order valence-electron chi connectivity index (χ4n) is 4.31. The number of aliphatic hydroxyl groups excluding tert-OH is 1. The fourth-order valence-corrected chi connectivity index (χ4v) is 4.95. The Morgan fingerprint density at radius 1 is 1.02 bits per heavy atom. The number of carbonyl (C=O) groups is 2. The largest absolute Gasteiger partial charge is 0.490 e. The Hall–Kier alpha value is -4.07. The molecule has 0 fully saturated rings. The van der Waals surface area contributed by atoms with Crippen molar-refractivity contribution in [2.75, 3.05) is 20.3 Å². The van der Waals surface area contributed by atoms with E-state index in [0.717, 1.165) is 14.5 Å². The molecule has 4 rings (SSSR count). The van der Waals surface area contributed by atoms with Crippen molar-refractivity contribution >= 4 is 50.1 Å². The molecule has 2 atom stereocenters. The first-order valence-corrected chi connectivity index (χ1v) is 15.2. The van der Waals surface area contributed by atoms with Crippen LogP contribution in [-0.2, 0) is 16.1 Å². The van der Waals surface area contributed by atoms with Crippen LogP contribution >= 0.6 is 31.9 Å². The monoisotopic (exact) mass is 730 g/mol. The van der Waals surface area contributed by atoms with E-state index >= 15 is 0 Å². The van der Waals surface area contributed by atoms with Crippen molar-refractivity contribution in [3.05, 3.63) is 97.6 Å². The number of nitrogens with one attached hydrogen (secondary N) is 3. The zero-order valence-corrected chi connectivity index (χ0v) is 27.4. The second-order valence-electron chi connectivity index (χ2n) is 9.51. The molecule has 0 spiro atoms. The molecule has 4 N–H and O–H groups in total. The molecule has 0 aromatic heterocycles. The number of allylic oxidation sites excluding steroid dienone is 1. The van der Waals surface area contributed by atoms with Gasteiger partial charge in [-0.15, -0.1) is 0 Å². The number of hydrogen-bond acceptors (Lipinski definition) is 9. The summed E-state index contributed by atoms with van der Waals surface area (Å²) in [5.41, 5.74) is 5.62. The second kappa shape index (κ2) is 15.6. The number of benzene rings is 3. The molecule has 0 radical (unpaired) electrons. The SMILES string of the molecule is CCOc1cc([C@@H]2NC(=O)NC(C)=C2C(=O)OC)ccc1OC[C@H](O)N/N=C\c1cc(Br)ccc1OCc1ccc(Br)cc1. The van der Waals surface area contributed by atoms with Crippen molar-refractivity contribution in [2.24, 2.45) is 5.10 Å². The van der Waals surface area contributed by atoms with E-state index in [9.17, 15) is 14.7 Å². The van der Waals surface area contributed by atoms with Crippen molar-refractivity contribution < 1.29 is 33.6 Å². The van der Waals surface area contributed by atoms with Gasteiger partial charge in [0.1, 0.15) is 19.0 Å². The Morgan fingerprint density at radius 2 is 1.75 bits per heavy atom. The minimum absolute atomic E-state index is 0.154. The van der Waals surface area contributed by atoms with Gasteiger partial charge in [0.2, 0.25) is 0 Å². The third-order valence-corrected chi connectivity index (χ3v) is 7.40. The predicted octanol–water partition coefficient (Wildman–Crippen LogP) is 5.31. The zero-order valence-electron chi connectivity index (χ0n) is 24.2. The molecule has 0 saturated carbocycles. The number of urea groups is 1. The number of nitrogens with zero attached hydrogens (tertiary/aromatic N) is 1. The highest BCUT2D eigenvalue weighted by molar-refractivity contribution is 9.10. The van der Waals surface area contributed by atoms with Crippen LogP contribution in [0, 0.1) is 0 Å². The lowest BCUT2D eigenvalue weighted by Crippen LogP contribution is -2.45. The smallest absolute Gasteiger partial charge is 0.337 e. The van der Waals surface area contributed by atoms with E-state index in [4.69, 9.17) is 18.9 Å². The van der Waals surface area contributed by atoms with Gasteiger partial charge in [-0.2, -0.15) is 5.10 Å². The molecule has 1 heterocycles. The van der Waals surface area contributed by atoms with Crippen molar-refractivity contribution in [1.82, 2.24) is 16.1 Å². The maximum atomic E-state index is 12.5. The summed E-state index contributed by atoms with van der Waals surface area (Å²) in [6, 6.07) is 17.2. The Morgan fingerprint density at radius 3 is 2.48 bits per heavy atom. The number of ether oxygens (including phenoxy) is 4. The lowest BCUT2D eigenvalue weighted by Gasteiger charge is -2.28. The molecule has 232 valence electrons. The zero-order chi connectivity index (χ0) is 31.6. The van der Waals surface area contributed by atoms with Crippen molar-refractivity contribution in [2.45, 2.75) is 32.7 Å². The van der Waals surface area contributed by atoms with Crippen LogP contribution in [-0.4, -0.2) is 49.9 Å². The number of amides is 2. The molecular formula is C31H32Br2N4O7. The minimum atomic E-state index is -1.15. The first-order chi connectivity index (χ1) is 21.2. The highest BCUT2D eigenvalue weighted by atomic mass is 79.9. The molecule has 0 aliphatic carbocycles. The Labute approximate surface area is 271 Å². The normalized spacial score (nSPS) is 15.3. The summed E-state index contributed by atoms with van der Waals surface area (Å²) in [6.45, 7) is 4.01. The van der Waals surface area contributed by atoms with E-state index in [-0.39, 0.29) is 12.2 Å². The maximum Gasteiger partial charge on any atom is 0.337 e. The highest BCUT2D eigenvalue weighted by Crippen LogP contribution is 2.35. The predicted molar refractivity (Wildman–Crippen MR) is 172 cm³/mol. The van der Waals surface area contributed by atoms with Crippen LogP contribution < -0.4 is 30.3 Å². The Balaban J connectivity index is 1.40. The van der Waals surface area contributed by atoms with E-state index in [1.807, 2.05) is 49.4 Å². The van der Waals surface area contributed by atoms with E-state index < -0.39 is 24.3 Å². The first-order valence-electron chi connectivity index (χ1n) is 13.6. The third kappa shape index (κ3) is 8.74. The number of hydrazone groups is 1. The van der Waals surface area contributed by atoms with Crippen LogP contribution in [0.3, 0.4) is 0 Å². The number of rotatable bonds is 13. The standard InChI is InChI=1S/C31H32Br2N4O7/c1-4-42-26-14-20(29-28(30(39)41-3)18(2)35-31(40)36-29)7-11-25(26)44-17-27(38)37-34-15-21-13-23(33)10-12-24(21)43-16-19-5-8-22(32)9-6-19/h5-15,27,29,37-38H,4,16-17H2,1-3H3,(H2,35,36,40)/b34-15-/t27-,29-/m0/s1. The van der Waals surface area contributed by atoms with Crippen LogP contribution in [0.25, 0.3) is 0 Å². The molecule has 0 saturated heterocycles. The molecule has 1 aliphatic heterocycles. The van der Waals surface area contributed by atoms with Gasteiger partial charge in [0.25, 0.3) is 0 Å². The average molecular weight is 732 g/mol. The van der Waals surface area contributed by atoms with Gasteiger partial charge >= 0.3 is 12.0 Å². The van der Waals surface area contributed by atoms with E-state index in [1.165, 1.54) is 7.11 Å². The fraction of sp³-hybridized carbons (Fsp3) is 0.258. The van der Waals surface area contributed by atoms with Crippen LogP contribution in [0.4, 0.5) is 4.79 Å². The molecule has 3 aromatic rings. The van der Waals surface area contributed by atoms with Gasteiger partial charge in [-0.05, 0) is 67.4 Å².